The molecular weight excluding hydrogens is 296 g/mol. The zero-order chi connectivity index (χ0) is 16.9. The number of nitrogens with one attached hydrogen (secondary N) is 3. The van der Waals surface area contributed by atoms with Crippen molar-refractivity contribution in [3.05, 3.63) is 18.2 Å². The lowest BCUT2D eigenvalue weighted by atomic mass is 10.2. The first-order valence-corrected chi connectivity index (χ1v) is 7.54. The summed E-state index contributed by atoms with van der Waals surface area (Å²) in [6.45, 7) is 1.01. The summed E-state index contributed by atoms with van der Waals surface area (Å²) in [6.07, 6.45) is 6.65. The largest absolute Gasteiger partial charge is 0.356 e. The molecule has 3 N–H and O–H groups in total. The fraction of sp³-hybridized carbons (Fsp3) is 0.533. The Balaban J connectivity index is 2.09. The van der Waals surface area contributed by atoms with Crippen LogP contribution in [0.5, 0.6) is 0 Å². The van der Waals surface area contributed by atoms with Crippen molar-refractivity contribution in [3.63, 3.8) is 0 Å². The number of aromatic nitrogens is 2. The van der Waals surface area contributed by atoms with Gasteiger partial charge in [-0.3, -0.25) is 19.6 Å². The van der Waals surface area contributed by atoms with Gasteiger partial charge in [0.2, 0.25) is 11.8 Å². The van der Waals surface area contributed by atoms with Gasteiger partial charge >= 0.3 is 0 Å². The minimum atomic E-state index is -0.141. The van der Waals surface area contributed by atoms with Crippen molar-refractivity contribution in [1.82, 2.24) is 20.6 Å². The molecule has 1 rings (SSSR count). The molecule has 0 saturated heterocycles. The molecule has 8 heteroatoms. The summed E-state index contributed by atoms with van der Waals surface area (Å²) in [5.41, 5.74) is 1.79. The van der Waals surface area contributed by atoms with Crippen LogP contribution in [0.2, 0.25) is 0 Å². The summed E-state index contributed by atoms with van der Waals surface area (Å²) >= 11 is 0. The Morgan fingerprint density at radius 3 is 2.43 bits per heavy atom. The standard InChI is InChI=1S/C15H24N6O2/c1-16-9-12(17-2)5-7-19-14(22)3-4-15(23)20-8-6-13-10-18-11-21-13/h9-11H,3-8H2,1-2H3,(H,18,21)(H,19,22)(H,20,23). The predicted octanol–water partition coefficient (Wildman–Crippen LogP) is 0.126. The highest BCUT2D eigenvalue weighted by atomic mass is 16.2. The number of imidazole rings is 1. The second-order valence-electron chi connectivity index (χ2n) is 4.88. The third kappa shape index (κ3) is 8.50. The number of amides is 2. The zero-order valence-electron chi connectivity index (χ0n) is 13.6. The van der Waals surface area contributed by atoms with E-state index in [1.807, 2.05) is 0 Å². The van der Waals surface area contributed by atoms with Gasteiger partial charge in [0.1, 0.15) is 0 Å². The minimum absolute atomic E-state index is 0.131. The quantitative estimate of drug-likeness (QED) is 0.533. The molecule has 0 aromatic carbocycles. The molecule has 23 heavy (non-hydrogen) atoms. The molecule has 0 spiro atoms. The Morgan fingerprint density at radius 1 is 1.17 bits per heavy atom. The van der Waals surface area contributed by atoms with E-state index in [2.05, 4.69) is 30.6 Å². The number of nitrogens with zero attached hydrogens (tertiary/aromatic N) is 3. The van der Waals surface area contributed by atoms with Crippen molar-refractivity contribution < 1.29 is 9.59 Å². The van der Waals surface area contributed by atoms with Gasteiger partial charge in [-0.1, -0.05) is 0 Å². The lowest BCUT2D eigenvalue weighted by Gasteiger charge is -2.06. The molecule has 0 aliphatic heterocycles. The Kier molecular flexibility index (Phi) is 8.95. The molecule has 0 bridgehead atoms. The van der Waals surface area contributed by atoms with E-state index in [0.29, 0.717) is 25.9 Å². The Morgan fingerprint density at radius 2 is 1.87 bits per heavy atom. The zero-order valence-corrected chi connectivity index (χ0v) is 13.6. The lowest BCUT2D eigenvalue weighted by molar-refractivity contribution is -0.126. The van der Waals surface area contributed by atoms with Gasteiger partial charge in [0.15, 0.2) is 0 Å². The van der Waals surface area contributed by atoms with Gasteiger partial charge < -0.3 is 15.6 Å². The van der Waals surface area contributed by atoms with Crippen LogP contribution in [0.15, 0.2) is 22.5 Å². The maximum Gasteiger partial charge on any atom is 0.220 e. The summed E-state index contributed by atoms with van der Waals surface area (Å²) in [6, 6.07) is 0. The lowest BCUT2D eigenvalue weighted by Crippen LogP contribution is -2.30. The number of carbonyl (C=O) groups excluding carboxylic acids is 2. The summed E-state index contributed by atoms with van der Waals surface area (Å²) < 4.78 is 0. The van der Waals surface area contributed by atoms with Gasteiger partial charge in [-0.15, -0.1) is 0 Å². The molecule has 0 atom stereocenters. The summed E-state index contributed by atoms with van der Waals surface area (Å²) in [7, 11) is 3.36. The Hall–Kier alpha value is -2.51. The number of aromatic amines is 1. The molecular formula is C15H24N6O2. The van der Waals surface area contributed by atoms with E-state index < -0.39 is 0 Å². The molecule has 0 aliphatic rings. The van der Waals surface area contributed by atoms with Gasteiger partial charge in [-0.2, -0.15) is 0 Å². The van der Waals surface area contributed by atoms with Crippen LogP contribution in [-0.4, -0.2) is 60.9 Å². The molecule has 0 radical (unpaired) electrons. The first kappa shape index (κ1) is 18.5. The topological polar surface area (TPSA) is 112 Å². The molecule has 0 fully saturated rings. The van der Waals surface area contributed by atoms with Crippen molar-refractivity contribution in [3.8, 4) is 0 Å². The van der Waals surface area contributed by atoms with E-state index in [4.69, 9.17) is 0 Å². The van der Waals surface area contributed by atoms with Gasteiger partial charge in [-0.25, -0.2) is 4.98 Å². The molecule has 1 aromatic heterocycles. The van der Waals surface area contributed by atoms with E-state index in [0.717, 1.165) is 11.4 Å². The van der Waals surface area contributed by atoms with Crippen LogP contribution in [0.1, 0.15) is 25.0 Å². The van der Waals surface area contributed by atoms with Crippen molar-refractivity contribution in [1.29, 1.82) is 0 Å². The summed E-state index contributed by atoms with van der Waals surface area (Å²) in [4.78, 5) is 38.1. The van der Waals surface area contributed by atoms with Gasteiger partial charge in [0.05, 0.1) is 12.0 Å². The predicted molar refractivity (Wildman–Crippen MR) is 89.9 cm³/mol. The number of hydrogen-bond acceptors (Lipinski definition) is 5. The number of carbonyl (C=O) groups is 2. The number of H-pyrrole nitrogens is 1. The van der Waals surface area contributed by atoms with Gasteiger partial charge in [0, 0.05) is 71.0 Å². The Bertz CT molecular complexity index is 536. The van der Waals surface area contributed by atoms with Crippen molar-refractivity contribution in [2.45, 2.75) is 25.7 Å². The maximum atomic E-state index is 11.7. The van der Waals surface area contributed by atoms with Crippen LogP contribution in [-0.2, 0) is 16.0 Å². The van der Waals surface area contributed by atoms with E-state index in [1.54, 1.807) is 32.8 Å². The molecule has 0 unspecified atom stereocenters. The molecule has 1 aromatic rings. The SMILES string of the molecule is CN=CC(CCNC(=O)CCC(=O)NCCc1cnc[nH]1)=NC. The van der Waals surface area contributed by atoms with Crippen molar-refractivity contribution >= 4 is 23.7 Å². The smallest absolute Gasteiger partial charge is 0.220 e. The van der Waals surface area contributed by atoms with Crippen molar-refractivity contribution in [2.24, 2.45) is 9.98 Å². The molecule has 0 saturated carbocycles. The molecule has 0 aliphatic carbocycles. The fourth-order valence-corrected chi connectivity index (χ4v) is 1.87. The van der Waals surface area contributed by atoms with Crippen LogP contribution >= 0.6 is 0 Å². The highest BCUT2D eigenvalue weighted by Crippen LogP contribution is 1.93. The minimum Gasteiger partial charge on any atom is -0.356 e. The molecule has 8 nitrogen and oxygen atoms in total. The summed E-state index contributed by atoms with van der Waals surface area (Å²) in [5.74, 6) is -0.272. The number of rotatable bonds is 10. The maximum absolute atomic E-state index is 11.7. The fourth-order valence-electron chi connectivity index (χ4n) is 1.87. The van der Waals surface area contributed by atoms with Crippen LogP contribution in [0.3, 0.4) is 0 Å². The van der Waals surface area contributed by atoms with E-state index in [1.165, 1.54) is 0 Å². The average Bonchev–Trinajstić information content (AvgIpc) is 3.05. The third-order valence-corrected chi connectivity index (χ3v) is 3.12. The molecule has 126 valence electrons. The second kappa shape index (κ2) is 11.1. The molecule has 2 amide bonds. The average molecular weight is 320 g/mol. The van der Waals surface area contributed by atoms with Crippen LogP contribution in [0.25, 0.3) is 0 Å². The third-order valence-electron chi connectivity index (χ3n) is 3.12. The first-order chi connectivity index (χ1) is 11.2. The monoisotopic (exact) mass is 320 g/mol. The van der Waals surface area contributed by atoms with E-state index in [9.17, 15) is 9.59 Å². The van der Waals surface area contributed by atoms with Crippen LogP contribution in [0.4, 0.5) is 0 Å². The summed E-state index contributed by atoms with van der Waals surface area (Å²) in [5, 5.41) is 5.54. The number of hydrogen-bond donors (Lipinski definition) is 3. The van der Waals surface area contributed by atoms with Gasteiger partial charge in [0.25, 0.3) is 0 Å². The van der Waals surface area contributed by atoms with E-state index in [-0.39, 0.29) is 24.7 Å². The highest BCUT2D eigenvalue weighted by molar-refractivity contribution is 6.30. The normalized spacial score (nSPS) is 11.7. The first-order valence-electron chi connectivity index (χ1n) is 7.54. The van der Waals surface area contributed by atoms with Gasteiger partial charge in [-0.05, 0) is 0 Å². The van der Waals surface area contributed by atoms with E-state index >= 15 is 0 Å². The van der Waals surface area contributed by atoms with Crippen LogP contribution < -0.4 is 10.6 Å². The second-order valence-corrected chi connectivity index (χ2v) is 4.88. The number of aliphatic imine (C=N–C) groups is 2. The highest BCUT2D eigenvalue weighted by Gasteiger charge is 2.06. The van der Waals surface area contributed by atoms with Crippen molar-refractivity contribution in [2.75, 3.05) is 27.2 Å². The van der Waals surface area contributed by atoms with Crippen LogP contribution in [0, 0.1) is 0 Å². The molecule has 1 heterocycles. The Labute approximate surface area is 135 Å².